The summed E-state index contributed by atoms with van der Waals surface area (Å²) in [6, 6.07) is 3.50. The third kappa shape index (κ3) is 1.40. The molecule has 0 heterocycles. The van der Waals surface area contributed by atoms with E-state index in [0.29, 0.717) is 0 Å². The highest BCUT2D eigenvalue weighted by Gasteiger charge is 2.00. The van der Waals surface area contributed by atoms with Crippen molar-refractivity contribution in [3.63, 3.8) is 0 Å². The van der Waals surface area contributed by atoms with Crippen LogP contribution in [0, 0.1) is 0 Å². The lowest BCUT2D eigenvalue weighted by Crippen LogP contribution is -2.01. The normalized spacial score (nSPS) is 9.45. The molecule has 0 radical (unpaired) electrons. The predicted molar refractivity (Wildman–Crippen MR) is 37.3 cm³/mol. The molecule has 0 saturated heterocycles. The number of hydrogen-bond donors (Lipinski definition) is 2. The number of rotatable bonds is 1. The van der Waals surface area contributed by atoms with Gasteiger partial charge in [-0.2, -0.15) is 0 Å². The molecule has 0 aliphatic rings. The average Bonchev–Trinajstić information content (AvgIpc) is 1.94. The van der Waals surface area contributed by atoms with E-state index in [1.54, 1.807) is 0 Å². The first-order valence-electron chi connectivity index (χ1n) is 2.91. The summed E-state index contributed by atoms with van der Waals surface area (Å²) >= 11 is 0. The van der Waals surface area contributed by atoms with Crippen LogP contribution < -0.4 is 10.8 Å². The van der Waals surface area contributed by atoms with E-state index in [0.717, 1.165) is 12.1 Å². The minimum atomic E-state index is -1.09. The Balaban J connectivity index is 3.15. The van der Waals surface area contributed by atoms with E-state index >= 15 is 0 Å². The summed E-state index contributed by atoms with van der Waals surface area (Å²) in [4.78, 5) is 10.3. The Bertz CT molecular complexity index is 296. The highest BCUT2D eigenvalue weighted by molar-refractivity contribution is 5.89. The van der Waals surface area contributed by atoms with Crippen LogP contribution in [0.2, 0.25) is 0 Å². The molecule has 1 aromatic rings. The second kappa shape index (κ2) is 2.49. The molecule has 4 nitrogen and oxygen atoms in total. The molecule has 0 aliphatic heterocycles. The zero-order valence-electron chi connectivity index (χ0n) is 5.57. The lowest BCUT2D eigenvalue weighted by molar-refractivity contribution is -0.267. The molecule has 0 aliphatic carbocycles. The van der Waals surface area contributed by atoms with Crippen LogP contribution in [0.4, 0.5) is 5.69 Å². The molecule has 58 valence electrons. The van der Waals surface area contributed by atoms with Gasteiger partial charge < -0.3 is 15.9 Å². The summed E-state index contributed by atoms with van der Waals surface area (Å²) in [5.41, 5.74) is 5.18. The van der Waals surface area contributed by atoms with E-state index in [1.165, 1.54) is 6.07 Å². The van der Waals surface area contributed by atoms with Crippen LogP contribution in [-0.4, -0.2) is 11.1 Å². The van der Waals surface area contributed by atoms with E-state index in [2.05, 4.69) is 0 Å². The van der Waals surface area contributed by atoms with Crippen molar-refractivity contribution in [3.05, 3.63) is 23.8 Å². The van der Waals surface area contributed by atoms with Crippen LogP contribution in [0.25, 0.3) is 0 Å². The van der Waals surface area contributed by atoms with Crippen molar-refractivity contribution < 1.29 is 15.0 Å². The maximum Gasteiger partial charge on any atom is 0.335 e. The third-order valence-electron chi connectivity index (χ3n) is 1.26. The number of anilines is 1. The van der Waals surface area contributed by atoms with Crippen LogP contribution in [0.5, 0.6) is 5.75 Å². The van der Waals surface area contributed by atoms with Crippen LogP contribution in [0.15, 0.2) is 18.2 Å². The smallest absolute Gasteiger partial charge is 0.335 e. The summed E-state index contributed by atoms with van der Waals surface area (Å²) < 4.78 is 0. The molecule has 1 rings (SSSR count). The quantitative estimate of drug-likeness (QED) is 0.556. The van der Waals surface area contributed by atoms with Crippen molar-refractivity contribution >= 4 is 11.7 Å². The molecular formula is C7H6NO3-. The average molecular weight is 152 g/mol. The number of hydrogen-bond acceptors (Lipinski definition) is 3. The van der Waals surface area contributed by atoms with Gasteiger partial charge in [-0.05, 0) is 12.1 Å². The van der Waals surface area contributed by atoms with Gasteiger partial charge in [0.05, 0.1) is 5.56 Å². The number of carboxylic acids is 1. The highest BCUT2D eigenvalue weighted by Crippen LogP contribution is 2.17. The maximum atomic E-state index is 10.7. The first-order chi connectivity index (χ1) is 5.11. The molecule has 0 spiro atoms. The third-order valence-corrected chi connectivity index (χ3v) is 1.26. The summed E-state index contributed by atoms with van der Waals surface area (Å²) in [6.07, 6.45) is 0. The zero-order valence-corrected chi connectivity index (χ0v) is 5.57. The standard InChI is InChI=1S/C7H7NO3/c8-5-3-4(7(10)11)1-2-6(5)9/h1-3,9H,8H2,(H,10,11)/p-1. The van der Waals surface area contributed by atoms with E-state index in [-0.39, 0.29) is 17.0 Å². The summed E-state index contributed by atoms with van der Waals surface area (Å²) in [5, 5.41) is 19.1. The minimum absolute atomic E-state index is 0.0297. The largest absolute Gasteiger partial charge is 0.871 e. The Morgan fingerprint density at radius 1 is 1.55 bits per heavy atom. The Hall–Kier alpha value is -1.71. The van der Waals surface area contributed by atoms with Crippen molar-refractivity contribution in [1.82, 2.24) is 0 Å². The summed E-state index contributed by atoms with van der Waals surface area (Å²) in [7, 11) is 0. The fourth-order valence-electron chi connectivity index (χ4n) is 0.681. The number of nitrogen functional groups attached to an aromatic ring is 1. The molecule has 4 heteroatoms. The molecule has 3 N–H and O–H groups in total. The van der Waals surface area contributed by atoms with Crippen molar-refractivity contribution in [1.29, 1.82) is 0 Å². The Labute approximate surface area is 62.9 Å². The minimum Gasteiger partial charge on any atom is -0.871 e. The molecule has 0 amide bonds. The van der Waals surface area contributed by atoms with Crippen LogP contribution in [0.1, 0.15) is 10.4 Å². The fourth-order valence-corrected chi connectivity index (χ4v) is 0.681. The SMILES string of the molecule is Nc1cc(C(=O)O)ccc1[O-]. The van der Waals surface area contributed by atoms with Gasteiger partial charge in [-0.1, -0.05) is 11.8 Å². The van der Waals surface area contributed by atoms with Gasteiger partial charge in [-0.3, -0.25) is 0 Å². The number of nitrogens with two attached hydrogens (primary N) is 1. The molecule has 0 unspecified atom stereocenters. The van der Waals surface area contributed by atoms with E-state index in [9.17, 15) is 9.90 Å². The second-order valence-electron chi connectivity index (χ2n) is 2.06. The topological polar surface area (TPSA) is 86.4 Å². The van der Waals surface area contributed by atoms with Crippen molar-refractivity contribution in [2.75, 3.05) is 5.73 Å². The van der Waals surface area contributed by atoms with Gasteiger partial charge in [0.2, 0.25) is 0 Å². The lowest BCUT2D eigenvalue weighted by Gasteiger charge is -2.08. The van der Waals surface area contributed by atoms with Gasteiger partial charge in [0.1, 0.15) is 0 Å². The molecule has 0 atom stereocenters. The first-order valence-corrected chi connectivity index (χ1v) is 2.91. The zero-order chi connectivity index (χ0) is 8.43. The van der Waals surface area contributed by atoms with Crippen LogP contribution in [-0.2, 0) is 0 Å². The van der Waals surface area contributed by atoms with Crippen molar-refractivity contribution in [3.8, 4) is 5.75 Å². The predicted octanol–water partition coefficient (Wildman–Crippen LogP) is 0.0406. The van der Waals surface area contributed by atoms with Gasteiger partial charge in [0, 0.05) is 5.69 Å². The molecule has 0 saturated carbocycles. The van der Waals surface area contributed by atoms with Crippen molar-refractivity contribution in [2.45, 2.75) is 0 Å². The molecule has 0 fully saturated rings. The Kier molecular flexibility index (Phi) is 1.68. The molecule has 0 bridgehead atoms. The Morgan fingerprint density at radius 2 is 2.18 bits per heavy atom. The number of aromatic carboxylic acids is 1. The fraction of sp³-hybridized carbons (Fsp3) is 0. The Morgan fingerprint density at radius 3 is 2.64 bits per heavy atom. The maximum absolute atomic E-state index is 10.7. The molecule has 1 aromatic carbocycles. The van der Waals surface area contributed by atoms with Crippen molar-refractivity contribution in [2.24, 2.45) is 0 Å². The molecule has 0 aromatic heterocycles. The van der Waals surface area contributed by atoms with E-state index in [1.807, 2.05) is 0 Å². The summed E-state index contributed by atoms with van der Waals surface area (Å²) in [5.74, 6) is -1.44. The van der Waals surface area contributed by atoms with Gasteiger partial charge in [-0.15, -0.1) is 0 Å². The highest BCUT2D eigenvalue weighted by atomic mass is 16.4. The van der Waals surface area contributed by atoms with E-state index < -0.39 is 5.97 Å². The van der Waals surface area contributed by atoms with Crippen LogP contribution in [0.3, 0.4) is 0 Å². The first kappa shape index (κ1) is 7.40. The molecular weight excluding hydrogens is 146 g/mol. The van der Waals surface area contributed by atoms with Gasteiger partial charge in [0.25, 0.3) is 0 Å². The van der Waals surface area contributed by atoms with Crippen LogP contribution >= 0.6 is 0 Å². The van der Waals surface area contributed by atoms with Gasteiger partial charge >= 0.3 is 5.97 Å². The number of carboxylic acid groups (broad SMARTS) is 1. The summed E-state index contributed by atoms with van der Waals surface area (Å²) in [6.45, 7) is 0. The monoisotopic (exact) mass is 152 g/mol. The second-order valence-corrected chi connectivity index (χ2v) is 2.06. The van der Waals surface area contributed by atoms with Gasteiger partial charge in [-0.25, -0.2) is 4.79 Å². The number of benzene rings is 1. The number of carbonyl (C=O) groups is 1. The lowest BCUT2D eigenvalue weighted by atomic mass is 10.2. The van der Waals surface area contributed by atoms with Gasteiger partial charge in [0.15, 0.2) is 0 Å². The van der Waals surface area contributed by atoms with E-state index in [4.69, 9.17) is 10.8 Å². The molecule has 11 heavy (non-hydrogen) atoms.